The van der Waals surface area contributed by atoms with E-state index in [0.717, 1.165) is 44.7 Å². The van der Waals surface area contributed by atoms with Crippen LogP contribution in [-0.2, 0) is 20.6 Å². The number of piperidine rings is 1. The van der Waals surface area contributed by atoms with Crippen molar-refractivity contribution in [3.8, 4) is 0 Å². The van der Waals surface area contributed by atoms with Gasteiger partial charge >= 0.3 is 5.69 Å². The highest BCUT2D eigenvalue weighted by Gasteiger charge is 2.22. The first-order chi connectivity index (χ1) is 11.1. The minimum Gasteiger partial charge on any atom is -0.342 e. The summed E-state index contributed by atoms with van der Waals surface area (Å²) in [5.74, 6) is 0.799. The summed E-state index contributed by atoms with van der Waals surface area (Å²) >= 11 is 0. The van der Waals surface area contributed by atoms with Crippen LogP contribution in [0.15, 0.2) is 9.59 Å². The standard InChI is InChI=1S/C16H25N5O2/c1-4-5-11-21-13-12(14(22)19(3)16(21)23)18(2)15(17-13)20-9-7-6-8-10-20/h4-11H2,1-3H3. The average molecular weight is 319 g/mol. The van der Waals surface area contributed by atoms with Crippen LogP contribution >= 0.6 is 0 Å². The lowest BCUT2D eigenvalue weighted by Crippen LogP contribution is -2.38. The second kappa shape index (κ2) is 6.22. The number of unbranched alkanes of at least 4 members (excludes halogenated alkanes) is 1. The summed E-state index contributed by atoms with van der Waals surface area (Å²) in [6.45, 7) is 4.59. The Hall–Kier alpha value is -2.05. The van der Waals surface area contributed by atoms with E-state index in [1.165, 1.54) is 11.0 Å². The molecule has 0 amide bonds. The highest BCUT2D eigenvalue weighted by molar-refractivity contribution is 5.74. The van der Waals surface area contributed by atoms with Crippen molar-refractivity contribution in [1.82, 2.24) is 18.7 Å². The number of aromatic nitrogens is 4. The van der Waals surface area contributed by atoms with E-state index in [1.807, 2.05) is 11.6 Å². The second-order valence-corrected chi connectivity index (χ2v) is 6.34. The zero-order valence-corrected chi connectivity index (χ0v) is 14.2. The maximum Gasteiger partial charge on any atom is 0.332 e. The number of hydrogen-bond acceptors (Lipinski definition) is 4. The van der Waals surface area contributed by atoms with E-state index in [2.05, 4.69) is 11.8 Å². The van der Waals surface area contributed by atoms with Gasteiger partial charge in [-0.25, -0.2) is 4.79 Å². The third-order valence-corrected chi connectivity index (χ3v) is 4.71. The lowest BCUT2D eigenvalue weighted by molar-refractivity contribution is 0.563. The van der Waals surface area contributed by atoms with Gasteiger partial charge in [-0.05, 0) is 25.7 Å². The SMILES string of the molecule is CCCCn1c(=O)n(C)c(=O)c2c1nc(N1CCCCC1)n2C. The Morgan fingerprint density at radius 1 is 1.04 bits per heavy atom. The second-order valence-electron chi connectivity index (χ2n) is 6.34. The zero-order chi connectivity index (χ0) is 16.6. The van der Waals surface area contributed by atoms with Crippen LogP contribution in [0.5, 0.6) is 0 Å². The number of aryl methyl sites for hydroxylation is 2. The van der Waals surface area contributed by atoms with Crippen molar-refractivity contribution in [2.24, 2.45) is 14.1 Å². The van der Waals surface area contributed by atoms with Gasteiger partial charge < -0.3 is 9.47 Å². The Balaban J connectivity index is 2.23. The van der Waals surface area contributed by atoms with Crippen molar-refractivity contribution in [3.05, 3.63) is 20.8 Å². The highest BCUT2D eigenvalue weighted by atomic mass is 16.2. The molecule has 0 aromatic carbocycles. The van der Waals surface area contributed by atoms with Crippen molar-refractivity contribution in [2.75, 3.05) is 18.0 Å². The Bertz CT molecular complexity index is 824. The molecule has 2 aromatic heterocycles. The van der Waals surface area contributed by atoms with Gasteiger partial charge in [0, 0.05) is 33.7 Å². The molecule has 0 spiro atoms. The van der Waals surface area contributed by atoms with Crippen molar-refractivity contribution >= 4 is 17.1 Å². The van der Waals surface area contributed by atoms with Crippen LogP contribution in [0.4, 0.5) is 5.95 Å². The maximum absolute atomic E-state index is 12.6. The summed E-state index contributed by atoms with van der Waals surface area (Å²) in [6.07, 6.45) is 5.41. The van der Waals surface area contributed by atoms with Gasteiger partial charge in [-0.1, -0.05) is 13.3 Å². The van der Waals surface area contributed by atoms with Gasteiger partial charge in [0.25, 0.3) is 5.56 Å². The molecule has 0 aliphatic carbocycles. The van der Waals surface area contributed by atoms with Gasteiger partial charge in [0.1, 0.15) is 0 Å². The highest BCUT2D eigenvalue weighted by Crippen LogP contribution is 2.21. The van der Waals surface area contributed by atoms with Crippen LogP contribution in [-0.4, -0.2) is 31.8 Å². The molecule has 2 aromatic rings. The van der Waals surface area contributed by atoms with Gasteiger partial charge in [0.05, 0.1) is 0 Å². The molecule has 0 bridgehead atoms. The normalized spacial score (nSPS) is 15.5. The molecule has 1 aliphatic heterocycles. The maximum atomic E-state index is 12.6. The Morgan fingerprint density at radius 2 is 1.74 bits per heavy atom. The molecular weight excluding hydrogens is 294 g/mol. The summed E-state index contributed by atoms with van der Waals surface area (Å²) in [5, 5.41) is 0. The smallest absolute Gasteiger partial charge is 0.332 e. The minimum atomic E-state index is -0.278. The van der Waals surface area contributed by atoms with Crippen LogP contribution in [0.1, 0.15) is 39.0 Å². The van der Waals surface area contributed by atoms with Crippen molar-refractivity contribution < 1.29 is 0 Å². The van der Waals surface area contributed by atoms with Crippen molar-refractivity contribution in [2.45, 2.75) is 45.6 Å². The Kier molecular flexibility index (Phi) is 4.28. The molecule has 0 radical (unpaired) electrons. The van der Waals surface area contributed by atoms with E-state index in [4.69, 9.17) is 4.98 Å². The molecule has 3 rings (SSSR count). The zero-order valence-electron chi connectivity index (χ0n) is 14.2. The average Bonchev–Trinajstić information content (AvgIpc) is 2.91. The largest absolute Gasteiger partial charge is 0.342 e. The fourth-order valence-corrected chi connectivity index (χ4v) is 3.31. The van der Waals surface area contributed by atoms with Gasteiger partial charge in [-0.2, -0.15) is 4.98 Å². The van der Waals surface area contributed by atoms with Crippen LogP contribution in [0.3, 0.4) is 0 Å². The summed E-state index contributed by atoms with van der Waals surface area (Å²) < 4.78 is 4.69. The number of imidazole rings is 1. The minimum absolute atomic E-state index is 0.268. The molecule has 23 heavy (non-hydrogen) atoms. The molecule has 0 N–H and O–H groups in total. The van der Waals surface area contributed by atoms with E-state index >= 15 is 0 Å². The lowest BCUT2D eigenvalue weighted by Gasteiger charge is -2.27. The van der Waals surface area contributed by atoms with Crippen LogP contribution in [0.25, 0.3) is 11.2 Å². The van der Waals surface area contributed by atoms with Gasteiger partial charge in [-0.15, -0.1) is 0 Å². The molecule has 1 aliphatic rings. The Morgan fingerprint density at radius 3 is 2.39 bits per heavy atom. The first-order valence-electron chi connectivity index (χ1n) is 8.47. The van der Waals surface area contributed by atoms with Gasteiger partial charge in [0.2, 0.25) is 5.95 Å². The summed E-state index contributed by atoms with van der Waals surface area (Å²) in [7, 11) is 3.41. The van der Waals surface area contributed by atoms with Gasteiger partial charge in [-0.3, -0.25) is 13.9 Å². The number of anilines is 1. The molecule has 1 saturated heterocycles. The van der Waals surface area contributed by atoms with Gasteiger partial charge in [0.15, 0.2) is 11.2 Å². The monoisotopic (exact) mass is 319 g/mol. The molecule has 7 heteroatoms. The predicted molar refractivity (Wildman–Crippen MR) is 91.2 cm³/mol. The molecular formula is C16H25N5O2. The molecule has 0 unspecified atom stereocenters. The predicted octanol–water partition coefficient (Wildman–Crippen LogP) is 1.22. The lowest BCUT2D eigenvalue weighted by atomic mass is 10.1. The van der Waals surface area contributed by atoms with Crippen molar-refractivity contribution in [3.63, 3.8) is 0 Å². The molecule has 126 valence electrons. The quantitative estimate of drug-likeness (QED) is 0.850. The topological polar surface area (TPSA) is 65.1 Å². The number of nitrogens with zero attached hydrogens (tertiary/aromatic N) is 5. The van der Waals surface area contributed by atoms with E-state index in [-0.39, 0.29) is 11.2 Å². The van der Waals surface area contributed by atoms with E-state index in [9.17, 15) is 9.59 Å². The van der Waals surface area contributed by atoms with E-state index in [0.29, 0.717) is 17.7 Å². The van der Waals surface area contributed by atoms with Crippen molar-refractivity contribution in [1.29, 1.82) is 0 Å². The third-order valence-electron chi connectivity index (χ3n) is 4.71. The summed E-state index contributed by atoms with van der Waals surface area (Å²) in [5.41, 5.74) is 0.494. The molecule has 7 nitrogen and oxygen atoms in total. The molecule has 1 fully saturated rings. The number of fused-ring (bicyclic) bond motifs is 1. The number of hydrogen-bond donors (Lipinski definition) is 0. The van der Waals surface area contributed by atoms with E-state index in [1.54, 1.807) is 11.6 Å². The molecule has 0 saturated carbocycles. The molecule has 3 heterocycles. The van der Waals surface area contributed by atoms with Crippen LogP contribution in [0.2, 0.25) is 0 Å². The fourth-order valence-electron chi connectivity index (χ4n) is 3.31. The molecule has 0 atom stereocenters. The Labute approximate surface area is 135 Å². The van der Waals surface area contributed by atoms with E-state index < -0.39 is 0 Å². The van der Waals surface area contributed by atoms with Crippen LogP contribution in [0, 0.1) is 0 Å². The van der Waals surface area contributed by atoms with Crippen LogP contribution < -0.4 is 16.1 Å². The fraction of sp³-hybridized carbons (Fsp3) is 0.688. The summed E-state index contributed by atoms with van der Waals surface area (Å²) in [6, 6.07) is 0. The summed E-state index contributed by atoms with van der Waals surface area (Å²) in [4.78, 5) is 31.9. The first-order valence-corrected chi connectivity index (χ1v) is 8.47. The first kappa shape index (κ1) is 15.8. The third kappa shape index (κ3) is 2.58. The number of rotatable bonds is 4.